The SMILES string of the molecule is CN1CCC(CCNC(=O)C(N)C(=O)O)C1. The van der Waals surface area contributed by atoms with E-state index in [9.17, 15) is 9.59 Å². The number of nitrogens with zero attached hydrogens (tertiary/aromatic N) is 1. The van der Waals surface area contributed by atoms with E-state index in [4.69, 9.17) is 10.8 Å². The van der Waals surface area contributed by atoms with E-state index in [1.807, 2.05) is 0 Å². The summed E-state index contributed by atoms with van der Waals surface area (Å²) in [6, 6.07) is -1.45. The summed E-state index contributed by atoms with van der Waals surface area (Å²) in [5.41, 5.74) is 5.16. The van der Waals surface area contributed by atoms with Gasteiger partial charge in [0, 0.05) is 13.1 Å². The lowest BCUT2D eigenvalue weighted by Gasteiger charge is -2.12. The molecule has 0 bridgehead atoms. The van der Waals surface area contributed by atoms with Crippen molar-refractivity contribution in [2.75, 3.05) is 26.7 Å². The summed E-state index contributed by atoms with van der Waals surface area (Å²) in [5, 5.41) is 11.0. The topological polar surface area (TPSA) is 95.7 Å². The summed E-state index contributed by atoms with van der Waals surface area (Å²) in [6.45, 7) is 2.63. The van der Waals surface area contributed by atoms with Crippen LogP contribution in [-0.2, 0) is 9.59 Å². The van der Waals surface area contributed by atoms with E-state index in [1.54, 1.807) is 0 Å². The van der Waals surface area contributed by atoms with Crippen LogP contribution >= 0.6 is 0 Å². The number of likely N-dealkylation sites (tertiary alicyclic amines) is 1. The largest absolute Gasteiger partial charge is 0.480 e. The van der Waals surface area contributed by atoms with Crippen molar-refractivity contribution in [2.24, 2.45) is 11.7 Å². The first-order valence-electron chi connectivity index (χ1n) is 5.45. The number of nitrogens with one attached hydrogen (secondary N) is 1. The number of amides is 1. The van der Waals surface area contributed by atoms with E-state index in [0.717, 1.165) is 25.9 Å². The van der Waals surface area contributed by atoms with Crippen molar-refractivity contribution in [3.63, 3.8) is 0 Å². The molecular formula is C10H19N3O3. The predicted octanol–water partition coefficient (Wildman–Crippen LogP) is -1.14. The average molecular weight is 229 g/mol. The second-order valence-electron chi connectivity index (χ2n) is 4.31. The Morgan fingerprint density at radius 2 is 2.31 bits per heavy atom. The molecule has 1 rings (SSSR count). The first-order chi connectivity index (χ1) is 7.50. The predicted molar refractivity (Wildman–Crippen MR) is 58.8 cm³/mol. The molecule has 6 heteroatoms. The van der Waals surface area contributed by atoms with E-state index >= 15 is 0 Å². The van der Waals surface area contributed by atoms with Gasteiger partial charge in [-0.05, 0) is 32.4 Å². The maximum Gasteiger partial charge on any atom is 0.330 e. The number of carboxylic acid groups (broad SMARTS) is 1. The van der Waals surface area contributed by atoms with Crippen LogP contribution < -0.4 is 11.1 Å². The van der Waals surface area contributed by atoms with E-state index in [2.05, 4.69) is 17.3 Å². The van der Waals surface area contributed by atoms with E-state index < -0.39 is 17.9 Å². The molecule has 4 N–H and O–H groups in total. The zero-order valence-corrected chi connectivity index (χ0v) is 9.48. The van der Waals surface area contributed by atoms with E-state index in [0.29, 0.717) is 12.5 Å². The number of aliphatic carboxylic acids is 1. The second-order valence-corrected chi connectivity index (χ2v) is 4.31. The lowest BCUT2D eigenvalue weighted by Crippen LogP contribution is -2.46. The molecule has 1 saturated heterocycles. The highest BCUT2D eigenvalue weighted by molar-refractivity contribution is 6.00. The van der Waals surface area contributed by atoms with Crippen molar-refractivity contribution < 1.29 is 14.7 Å². The minimum atomic E-state index is -1.45. The molecule has 6 nitrogen and oxygen atoms in total. The van der Waals surface area contributed by atoms with Gasteiger partial charge in [-0.25, -0.2) is 4.79 Å². The molecule has 1 aliphatic heterocycles. The van der Waals surface area contributed by atoms with Gasteiger partial charge in [0.2, 0.25) is 5.91 Å². The first-order valence-corrected chi connectivity index (χ1v) is 5.45. The third kappa shape index (κ3) is 3.79. The van der Waals surface area contributed by atoms with Crippen molar-refractivity contribution in [3.8, 4) is 0 Å². The molecule has 0 aromatic carbocycles. The number of nitrogens with two attached hydrogens (primary N) is 1. The van der Waals surface area contributed by atoms with Gasteiger partial charge in [0.25, 0.3) is 0 Å². The Hall–Kier alpha value is -1.14. The summed E-state index contributed by atoms with van der Waals surface area (Å²) in [7, 11) is 2.07. The monoisotopic (exact) mass is 229 g/mol. The molecule has 0 saturated carbocycles. The fraction of sp³-hybridized carbons (Fsp3) is 0.800. The standard InChI is InChI=1S/C10H19N3O3/c1-13-5-3-7(6-13)2-4-12-9(14)8(11)10(15)16/h7-8H,2-6,11H2,1H3,(H,12,14)(H,15,16). The first kappa shape index (κ1) is 12.9. The zero-order chi connectivity index (χ0) is 12.1. The van der Waals surface area contributed by atoms with E-state index in [1.165, 1.54) is 0 Å². The van der Waals surface area contributed by atoms with Crippen LogP contribution in [-0.4, -0.2) is 54.6 Å². The summed E-state index contributed by atoms with van der Waals surface area (Å²) < 4.78 is 0. The van der Waals surface area contributed by atoms with Crippen molar-refractivity contribution in [3.05, 3.63) is 0 Å². The lowest BCUT2D eigenvalue weighted by atomic mass is 10.1. The molecule has 1 amide bonds. The number of rotatable bonds is 5. The fourth-order valence-electron chi connectivity index (χ4n) is 1.88. The molecule has 1 aliphatic rings. The summed E-state index contributed by atoms with van der Waals surface area (Å²) >= 11 is 0. The normalized spacial score (nSPS) is 23.0. The van der Waals surface area contributed by atoms with Gasteiger partial charge in [0.05, 0.1) is 0 Å². The Morgan fingerprint density at radius 3 is 2.81 bits per heavy atom. The van der Waals surface area contributed by atoms with Gasteiger partial charge in [-0.1, -0.05) is 0 Å². The van der Waals surface area contributed by atoms with Crippen LogP contribution in [0.25, 0.3) is 0 Å². The number of carbonyl (C=O) groups excluding carboxylic acids is 1. The van der Waals surface area contributed by atoms with Gasteiger partial charge < -0.3 is 21.1 Å². The molecule has 1 heterocycles. The molecule has 0 radical (unpaired) electrons. The highest BCUT2D eigenvalue weighted by Crippen LogP contribution is 2.16. The van der Waals surface area contributed by atoms with Crippen molar-refractivity contribution in [1.82, 2.24) is 10.2 Å². The molecule has 0 spiro atoms. The Kier molecular flexibility index (Phi) is 4.70. The third-order valence-electron chi connectivity index (χ3n) is 2.89. The summed E-state index contributed by atoms with van der Waals surface area (Å²) in [4.78, 5) is 23.9. The van der Waals surface area contributed by atoms with Gasteiger partial charge in [-0.3, -0.25) is 4.79 Å². The van der Waals surface area contributed by atoms with Crippen molar-refractivity contribution in [1.29, 1.82) is 0 Å². The molecule has 2 atom stereocenters. The molecule has 0 aromatic rings. The molecule has 0 aromatic heterocycles. The Balaban J connectivity index is 2.15. The van der Waals surface area contributed by atoms with Gasteiger partial charge in [0.1, 0.15) is 0 Å². The molecular weight excluding hydrogens is 210 g/mol. The van der Waals surface area contributed by atoms with Crippen molar-refractivity contribution >= 4 is 11.9 Å². The van der Waals surface area contributed by atoms with Gasteiger partial charge in [0.15, 0.2) is 6.04 Å². The lowest BCUT2D eigenvalue weighted by molar-refractivity contribution is -0.142. The Morgan fingerprint density at radius 1 is 1.62 bits per heavy atom. The smallest absolute Gasteiger partial charge is 0.330 e. The maximum atomic E-state index is 11.2. The van der Waals surface area contributed by atoms with Crippen LogP contribution in [0, 0.1) is 5.92 Å². The zero-order valence-electron chi connectivity index (χ0n) is 9.48. The summed E-state index contributed by atoms with van der Waals surface area (Å²) in [6.07, 6.45) is 2.01. The highest BCUT2D eigenvalue weighted by Gasteiger charge is 2.22. The quantitative estimate of drug-likeness (QED) is 0.518. The van der Waals surface area contributed by atoms with Crippen molar-refractivity contribution in [2.45, 2.75) is 18.9 Å². The average Bonchev–Trinajstić information content (AvgIpc) is 2.62. The maximum absolute atomic E-state index is 11.2. The Bertz CT molecular complexity index is 270. The number of hydrogen-bond acceptors (Lipinski definition) is 4. The van der Waals surface area contributed by atoms with Crippen LogP contribution in [0.1, 0.15) is 12.8 Å². The minimum Gasteiger partial charge on any atom is -0.480 e. The minimum absolute atomic E-state index is 0.498. The van der Waals surface area contributed by atoms with Crippen LogP contribution in [0.2, 0.25) is 0 Å². The number of carboxylic acids is 1. The molecule has 0 aliphatic carbocycles. The fourth-order valence-corrected chi connectivity index (χ4v) is 1.88. The van der Waals surface area contributed by atoms with Crippen LogP contribution in [0.3, 0.4) is 0 Å². The van der Waals surface area contributed by atoms with Gasteiger partial charge in [-0.2, -0.15) is 0 Å². The third-order valence-corrected chi connectivity index (χ3v) is 2.89. The highest BCUT2D eigenvalue weighted by atomic mass is 16.4. The molecule has 2 unspecified atom stereocenters. The Labute approximate surface area is 94.8 Å². The molecule has 92 valence electrons. The van der Waals surface area contributed by atoms with E-state index in [-0.39, 0.29) is 0 Å². The van der Waals surface area contributed by atoms with Crippen LogP contribution in [0.5, 0.6) is 0 Å². The van der Waals surface area contributed by atoms with Gasteiger partial charge in [-0.15, -0.1) is 0 Å². The van der Waals surface area contributed by atoms with Crippen LogP contribution in [0.15, 0.2) is 0 Å². The van der Waals surface area contributed by atoms with Gasteiger partial charge >= 0.3 is 5.97 Å². The number of carbonyl (C=O) groups is 2. The summed E-state index contributed by atoms with van der Waals surface area (Å²) in [5.74, 6) is -1.32. The number of hydrogen-bond donors (Lipinski definition) is 3. The van der Waals surface area contributed by atoms with Crippen LogP contribution in [0.4, 0.5) is 0 Å². The molecule has 1 fully saturated rings. The second kappa shape index (κ2) is 5.81. The molecule has 16 heavy (non-hydrogen) atoms.